The summed E-state index contributed by atoms with van der Waals surface area (Å²) in [6.45, 7) is 0.195. The first-order valence-electron chi connectivity index (χ1n) is 3.95. The molecular formula is C8H10ClN3O2. The Morgan fingerprint density at radius 3 is 2.71 bits per heavy atom. The lowest BCUT2D eigenvalue weighted by molar-refractivity contribution is -0.384. The number of nitro groups is 1. The van der Waals surface area contributed by atoms with E-state index >= 15 is 0 Å². The Hall–Kier alpha value is -1.17. The van der Waals surface area contributed by atoms with Crippen molar-refractivity contribution in [2.75, 3.05) is 6.54 Å². The molecule has 76 valence electrons. The highest BCUT2D eigenvalue weighted by Gasteiger charge is 2.13. The summed E-state index contributed by atoms with van der Waals surface area (Å²) in [7, 11) is 0. The fourth-order valence-corrected chi connectivity index (χ4v) is 1.31. The van der Waals surface area contributed by atoms with Crippen molar-refractivity contribution in [1.29, 1.82) is 0 Å². The molecule has 0 fully saturated rings. The van der Waals surface area contributed by atoms with Crippen LogP contribution in [0.2, 0.25) is 5.02 Å². The molecule has 0 spiro atoms. The molecule has 4 N–H and O–H groups in total. The van der Waals surface area contributed by atoms with Crippen LogP contribution in [0.1, 0.15) is 11.6 Å². The van der Waals surface area contributed by atoms with Crippen LogP contribution in [-0.2, 0) is 0 Å². The third kappa shape index (κ3) is 2.20. The molecule has 5 nitrogen and oxygen atoms in total. The van der Waals surface area contributed by atoms with E-state index in [1.807, 2.05) is 0 Å². The minimum Gasteiger partial charge on any atom is -0.329 e. The largest absolute Gasteiger partial charge is 0.329 e. The summed E-state index contributed by atoms with van der Waals surface area (Å²) < 4.78 is 0. The molecule has 0 saturated heterocycles. The van der Waals surface area contributed by atoms with Crippen LogP contribution < -0.4 is 11.5 Å². The van der Waals surface area contributed by atoms with Crippen molar-refractivity contribution >= 4 is 17.3 Å². The summed E-state index contributed by atoms with van der Waals surface area (Å²) in [5.41, 5.74) is 11.4. The lowest BCUT2D eigenvalue weighted by Crippen LogP contribution is -2.21. The zero-order valence-electron chi connectivity index (χ0n) is 7.31. The zero-order valence-corrected chi connectivity index (χ0v) is 8.07. The first-order chi connectivity index (χ1) is 6.56. The van der Waals surface area contributed by atoms with Crippen LogP contribution in [0.15, 0.2) is 18.2 Å². The standard InChI is InChI=1S/C8H10ClN3O2/c9-7-2-1-5(12(13)14)3-6(7)8(11)4-10/h1-3,8H,4,10-11H2. The van der Waals surface area contributed by atoms with Crippen LogP contribution in [0.4, 0.5) is 5.69 Å². The van der Waals surface area contributed by atoms with Gasteiger partial charge in [-0.1, -0.05) is 11.6 Å². The van der Waals surface area contributed by atoms with Gasteiger partial charge in [0.15, 0.2) is 0 Å². The number of hydrogen-bond donors (Lipinski definition) is 2. The first kappa shape index (κ1) is 10.9. The topological polar surface area (TPSA) is 95.2 Å². The zero-order chi connectivity index (χ0) is 10.7. The Bertz CT molecular complexity index is 356. The summed E-state index contributed by atoms with van der Waals surface area (Å²) >= 11 is 5.82. The van der Waals surface area contributed by atoms with Gasteiger partial charge in [0.25, 0.3) is 5.69 Å². The highest BCUT2D eigenvalue weighted by Crippen LogP contribution is 2.25. The van der Waals surface area contributed by atoms with Crippen molar-refractivity contribution in [2.24, 2.45) is 11.5 Å². The summed E-state index contributed by atoms with van der Waals surface area (Å²) in [4.78, 5) is 9.97. The van der Waals surface area contributed by atoms with Gasteiger partial charge in [-0.2, -0.15) is 0 Å². The molecule has 0 aromatic heterocycles. The summed E-state index contributed by atoms with van der Waals surface area (Å²) in [6.07, 6.45) is 0. The second-order valence-corrected chi connectivity index (χ2v) is 3.21. The van der Waals surface area contributed by atoms with Crippen molar-refractivity contribution in [3.63, 3.8) is 0 Å². The van der Waals surface area contributed by atoms with Gasteiger partial charge in [0.05, 0.1) is 4.92 Å². The van der Waals surface area contributed by atoms with Gasteiger partial charge in [-0.15, -0.1) is 0 Å². The Morgan fingerprint density at radius 1 is 1.57 bits per heavy atom. The van der Waals surface area contributed by atoms with Crippen LogP contribution in [-0.4, -0.2) is 11.5 Å². The van der Waals surface area contributed by atoms with Crippen molar-refractivity contribution in [1.82, 2.24) is 0 Å². The number of nitro benzene ring substituents is 1. The molecule has 0 heterocycles. The Balaban J connectivity index is 3.14. The summed E-state index contributed by atoms with van der Waals surface area (Å²) in [6, 6.07) is 3.65. The molecule has 0 aliphatic carbocycles. The number of hydrogen-bond acceptors (Lipinski definition) is 4. The van der Waals surface area contributed by atoms with Crippen LogP contribution in [0.25, 0.3) is 0 Å². The average Bonchev–Trinajstić information content (AvgIpc) is 2.17. The molecule has 0 bridgehead atoms. The quantitative estimate of drug-likeness (QED) is 0.585. The minimum absolute atomic E-state index is 0.0340. The smallest absolute Gasteiger partial charge is 0.269 e. The summed E-state index contributed by atoms with van der Waals surface area (Å²) in [5.74, 6) is 0. The molecule has 0 aliphatic heterocycles. The highest BCUT2D eigenvalue weighted by atomic mass is 35.5. The van der Waals surface area contributed by atoms with Crippen molar-refractivity contribution in [3.8, 4) is 0 Å². The van der Waals surface area contributed by atoms with Crippen LogP contribution in [0.5, 0.6) is 0 Å². The van der Waals surface area contributed by atoms with Gasteiger partial charge < -0.3 is 11.5 Å². The average molecular weight is 216 g/mol. The predicted octanol–water partition coefficient (Wildman–Crippen LogP) is 1.21. The van der Waals surface area contributed by atoms with E-state index in [0.717, 1.165) is 0 Å². The molecule has 0 aliphatic rings. The van der Waals surface area contributed by atoms with E-state index in [-0.39, 0.29) is 12.2 Å². The molecule has 1 unspecified atom stereocenters. The van der Waals surface area contributed by atoms with Crippen molar-refractivity contribution in [2.45, 2.75) is 6.04 Å². The van der Waals surface area contributed by atoms with E-state index in [2.05, 4.69) is 0 Å². The number of rotatable bonds is 3. The normalized spacial score (nSPS) is 12.5. The number of halogens is 1. The van der Waals surface area contributed by atoms with Gasteiger partial charge in [0.2, 0.25) is 0 Å². The van der Waals surface area contributed by atoms with Crippen LogP contribution in [0, 0.1) is 10.1 Å². The van der Waals surface area contributed by atoms with E-state index in [0.29, 0.717) is 10.6 Å². The van der Waals surface area contributed by atoms with Crippen molar-refractivity contribution in [3.05, 3.63) is 38.9 Å². The van der Waals surface area contributed by atoms with E-state index in [1.54, 1.807) is 0 Å². The fraction of sp³-hybridized carbons (Fsp3) is 0.250. The monoisotopic (exact) mass is 215 g/mol. The second kappa shape index (κ2) is 4.36. The number of nitrogens with zero attached hydrogens (tertiary/aromatic N) is 1. The van der Waals surface area contributed by atoms with Gasteiger partial charge in [-0.05, 0) is 11.6 Å². The van der Waals surface area contributed by atoms with Gasteiger partial charge in [0, 0.05) is 29.7 Å². The van der Waals surface area contributed by atoms with Gasteiger partial charge in [-0.25, -0.2) is 0 Å². The van der Waals surface area contributed by atoms with Gasteiger partial charge in [-0.3, -0.25) is 10.1 Å². The number of nitrogens with two attached hydrogens (primary N) is 2. The van der Waals surface area contributed by atoms with E-state index in [4.69, 9.17) is 23.1 Å². The Labute approximate surface area is 85.8 Å². The van der Waals surface area contributed by atoms with Crippen LogP contribution in [0.3, 0.4) is 0 Å². The second-order valence-electron chi connectivity index (χ2n) is 2.81. The molecule has 1 aromatic rings. The lowest BCUT2D eigenvalue weighted by atomic mass is 10.1. The molecule has 14 heavy (non-hydrogen) atoms. The van der Waals surface area contributed by atoms with Crippen molar-refractivity contribution < 1.29 is 4.92 Å². The maximum atomic E-state index is 10.5. The molecule has 0 saturated carbocycles. The Kier molecular flexibility index (Phi) is 3.40. The minimum atomic E-state index is -0.497. The van der Waals surface area contributed by atoms with E-state index < -0.39 is 11.0 Å². The molecule has 0 amide bonds. The number of benzene rings is 1. The fourth-order valence-electron chi connectivity index (χ4n) is 1.06. The SMILES string of the molecule is NCC(N)c1cc([N+](=O)[O-])ccc1Cl. The number of non-ortho nitro benzene ring substituents is 1. The van der Waals surface area contributed by atoms with E-state index in [1.165, 1.54) is 18.2 Å². The maximum absolute atomic E-state index is 10.5. The van der Waals surface area contributed by atoms with E-state index in [9.17, 15) is 10.1 Å². The molecule has 0 radical (unpaired) electrons. The molecule has 1 aromatic carbocycles. The molecule has 1 rings (SSSR count). The lowest BCUT2D eigenvalue weighted by Gasteiger charge is -2.10. The summed E-state index contributed by atoms with van der Waals surface area (Å²) in [5, 5.41) is 10.9. The predicted molar refractivity (Wildman–Crippen MR) is 54.1 cm³/mol. The van der Waals surface area contributed by atoms with Gasteiger partial charge in [0.1, 0.15) is 0 Å². The van der Waals surface area contributed by atoms with Gasteiger partial charge >= 0.3 is 0 Å². The van der Waals surface area contributed by atoms with Crippen LogP contribution >= 0.6 is 11.6 Å². The molecule has 6 heteroatoms. The molecular weight excluding hydrogens is 206 g/mol. The first-order valence-corrected chi connectivity index (χ1v) is 4.33. The molecule has 1 atom stereocenters. The third-order valence-electron chi connectivity index (χ3n) is 1.84. The highest BCUT2D eigenvalue weighted by molar-refractivity contribution is 6.31. The third-order valence-corrected chi connectivity index (χ3v) is 2.19. The Morgan fingerprint density at radius 2 is 2.21 bits per heavy atom. The maximum Gasteiger partial charge on any atom is 0.269 e.